The van der Waals surface area contributed by atoms with Gasteiger partial charge in [0.25, 0.3) is 5.91 Å². The number of likely N-dealkylation sites (N-methyl/N-ethyl adjacent to an activating group) is 1. The summed E-state index contributed by atoms with van der Waals surface area (Å²) in [5.74, 6) is -0.820. The third-order valence-corrected chi connectivity index (χ3v) is 6.19. The number of halogens is 1. The molecule has 2 heterocycles. The van der Waals surface area contributed by atoms with Gasteiger partial charge in [0.1, 0.15) is 5.75 Å². The van der Waals surface area contributed by atoms with Crippen LogP contribution in [-0.2, 0) is 4.79 Å². The quantitative estimate of drug-likeness (QED) is 0.381. The van der Waals surface area contributed by atoms with Crippen LogP contribution in [0.3, 0.4) is 0 Å². The second-order valence-electron chi connectivity index (χ2n) is 8.85. The van der Waals surface area contributed by atoms with E-state index in [0.717, 1.165) is 6.42 Å². The molecule has 1 aliphatic heterocycles. The molecule has 1 amide bonds. The molecule has 36 heavy (non-hydrogen) atoms. The monoisotopic (exact) mass is 512 g/mol. The van der Waals surface area contributed by atoms with Crippen molar-refractivity contribution in [3.05, 3.63) is 70.1 Å². The number of aliphatic hydroxyl groups is 1. The normalized spacial score (nSPS) is 15.9. The van der Waals surface area contributed by atoms with Crippen LogP contribution < -0.4 is 9.47 Å². The van der Waals surface area contributed by atoms with Gasteiger partial charge >= 0.3 is 0 Å². The Morgan fingerprint density at radius 1 is 1.22 bits per heavy atom. The topological polar surface area (TPSA) is 92.4 Å². The van der Waals surface area contributed by atoms with E-state index in [2.05, 4.69) is 0 Å². The SMILES string of the molecule is CCCOc1cccc(C2C(C(=O)c3cc4cc(Cl)cc(OC)c4o3)=C(O)C(=O)N2CCN(C)C)c1. The molecule has 4 rings (SSSR count). The second kappa shape index (κ2) is 10.6. The fraction of sp³-hybridized carbons (Fsp3) is 0.333. The number of benzene rings is 2. The van der Waals surface area contributed by atoms with Gasteiger partial charge in [-0.15, -0.1) is 0 Å². The Balaban J connectivity index is 1.79. The summed E-state index contributed by atoms with van der Waals surface area (Å²) in [6.07, 6.45) is 0.838. The van der Waals surface area contributed by atoms with Crippen molar-refractivity contribution in [2.75, 3.05) is 40.9 Å². The summed E-state index contributed by atoms with van der Waals surface area (Å²) in [6, 6.07) is 11.2. The smallest absolute Gasteiger partial charge is 0.290 e. The molecule has 1 unspecified atom stereocenters. The van der Waals surface area contributed by atoms with Gasteiger partial charge in [-0.3, -0.25) is 9.59 Å². The van der Waals surface area contributed by atoms with Crippen molar-refractivity contribution in [3.63, 3.8) is 0 Å². The van der Waals surface area contributed by atoms with Crippen molar-refractivity contribution in [3.8, 4) is 11.5 Å². The van der Waals surface area contributed by atoms with Crippen LogP contribution in [0.1, 0.15) is 35.5 Å². The number of hydrogen-bond acceptors (Lipinski definition) is 7. The van der Waals surface area contributed by atoms with Crippen molar-refractivity contribution in [1.82, 2.24) is 9.80 Å². The van der Waals surface area contributed by atoms with Gasteiger partial charge in [0.05, 0.1) is 25.3 Å². The largest absolute Gasteiger partial charge is 0.503 e. The van der Waals surface area contributed by atoms with Crippen LogP contribution in [0.5, 0.6) is 11.5 Å². The number of amides is 1. The van der Waals surface area contributed by atoms with Gasteiger partial charge < -0.3 is 28.8 Å². The number of hydrogen-bond donors (Lipinski definition) is 1. The van der Waals surface area contributed by atoms with E-state index >= 15 is 0 Å². The minimum atomic E-state index is -0.811. The average molecular weight is 513 g/mol. The van der Waals surface area contributed by atoms with Gasteiger partial charge in [0, 0.05) is 29.6 Å². The fourth-order valence-electron chi connectivity index (χ4n) is 4.25. The molecule has 0 aliphatic carbocycles. The molecule has 1 aromatic heterocycles. The number of rotatable bonds is 10. The van der Waals surface area contributed by atoms with Crippen molar-refractivity contribution in [2.45, 2.75) is 19.4 Å². The maximum atomic E-state index is 13.8. The highest BCUT2D eigenvalue weighted by Crippen LogP contribution is 2.41. The predicted octanol–water partition coefficient (Wildman–Crippen LogP) is 5.02. The number of Topliss-reactive ketones (excluding diaryl/α,β-unsaturated/α-hetero) is 1. The summed E-state index contributed by atoms with van der Waals surface area (Å²) in [4.78, 5) is 30.4. The number of fused-ring (bicyclic) bond motifs is 1. The molecule has 0 saturated heterocycles. The van der Waals surface area contributed by atoms with Crippen molar-refractivity contribution < 1.29 is 28.6 Å². The molecular formula is C27H29ClN2O6. The van der Waals surface area contributed by atoms with E-state index in [-0.39, 0.29) is 11.3 Å². The molecule has 9 heteroatoms. The maximum absolute atomic E-state index is 13.8. The van der Waals surface area contributed by atoms with Gasteiger partial charge in [-0.05, 0) is 50.3 Å². The molecule has 1 atom stereocenters. The first-order valence-electron chi connectivity index (χ1n) is 11.7. The summed E-state index contributed by atoms with van der Waals surface area (Å²) in [5.41, 5.74) is 0.959. The highest BCUT2D eigenvalue weighted by Gasteiger charge is 2.44. The number of aliphatic hydroxyl groups excluding tert-OH is 1. The summed E-state index contributed by atoms with van der Waals surface area (Å²) in [7, 11) is 5.26. The average Bonchev–Trinajstić information content (AvgIpc) is 3.39. The standard InChI is InChI=1S/C27H29ClN2O6/c1-5-11-35-19-8-6-7-16(13-19)23-22(25(32)27(33)30(23)10-9-29(2)3)24(31)20-14-17-12-18(28)15-21(34-4)26(17)36-20/h6-8,12-15,23,32H,5,9-11H2,1-4H3. The number of furan rings is 1. The van der Waals surface area contributed by atoms with E-state index in [1.807, 2.05) is 38.1 Å². The first-order valence-corrected chi connectivity index (χ1v) is 12.1. The molecule has 8 nitrogen and oxygen atoms in total. The molecular weight excluding hydrogens is 484 g/mol. The number of methoxy groups -OCH3 is 1. The molecule has 1 aliphatic rings. The van der Waals surface area contributed by atoms with Gasteiger partial charge in [0.2, 0.25) is 5.78 Å². The van der Waals surface area contributed by atoms with Crippen LogP contribution in [0.4, 0.5) is 0 Å². The Morgan fingerprint density at radius 2 is 2.00 bits per heavy atom. The zero-order valence-corrected chi connectivity index (χ0v) is 21.5. The molecule has 0 spiro atoms. The number of carbonyl (C=O) groups is 2. The highest BCUT2D eigenvalue weighted by molar-refractivity contribution is 6.31. The summed E-state index contributed by atoms with van der Waals surface area (Å²) >= 11 is 6.17. The van der Waals surface area contributed by atoms with Crippen molar-refractivity contribution in [2.24, 2.45) is 0 Å². The molecule has 190 valence electrons. The van der Waals surface area contributed by atoms with Gasteiger partial charge in [0.15, 0.2) is 22.9 Å². The van der Waals surface area contributed by atoms with Gasteiger partial charge in [-0.25, -0.2) is 0 Å². The minimum absolute atomic E-state index is 0.0298. The lowest BCUT2D eigenvalue weighted by Crippen LogP contribution is -2.36. The number of ether oxygens (including phenoxy) is 2. The second-order valence-corrected chi connectivity index (χ2v) is 9.29. The summed E-state index contributed by atoms with van der Waals surface area (Å²) in [5, 5.41) is 11.9. The predicted molar refractivity (Wildman–Crippen MR) is 137 cm³/mol. The lowest BCUT2D eigenvalue weighted by Gasteiger charge is -2.28. The van der Waals surface area contributed by atoms with E-state index < -0.39 is 23.5 Å². The first-order chi connectivity index (χ1) is 17.2. The lowest BCUT2D eigenvalue weighted by atomic mass is 9.95. The molecule has 0 radical (unpaired) electrons. The molecule has 3 aromatic rings. The summed E-state index contributed by atoms with van der Waals surface area (Å²) < 4.78 is 17.0. The van der Waals surface area contributed by atoms with Crippen LogP contribution in [0.2, 0.25) is 5.02 Å². The van der Waals surface area contributed by atoms with E-state index in [0.29, 0.717) is 52.8 Å². The van der Waals surface area contributed by atoms with Gasteiger partial charge in [-0.2, -0.15) is 0 Å². The molecule has 1 N–H and O–H groups in total. The van der Waals surface area contributed by atoms with Crippen molar-refractivity contribution >= 4 is 34.3 Å². The molecule has 0 saturated carbocycles. The minimum Gasteiger partial charge on any atom is -0.503 e. The Labute approximate surface area is 214 Å². The molecule has 0 bridgehead atoms. The highest BCUT2D eigenvalue weighted by atomic mass is 35.5. The lowest BCUT2D eigenvalue weighted by molar-refractivity contribution is -0.129. The Bertz CT molecular complexity index is 1330. The number of carbonyl (C=O) groups excluding carboxylic acids is 2. The van der Waals surface area contributed by atoms with E-state index in [4.69, 9.17) is 25.5 Å². The Kier molecular flexibility index (Phi) is 7.56. The zero-order chi connectivity index (χ0) is 26.0. The van der Waals surface area contributed by atoms with Crippen LogP contribution in [0.15, 0.2) is 58.2 Å². The first kappa shape index (κ1) is 25.6. The Hall–Kier alpha value is -3.49. The fourth-order valence-corrected chi connectivity index (χ4v) is 4.46. The third kappa shape index (κ3) is 4.92. The van der Waals surface area contributed by atoms with Crippen LogP contribution in [-0.4, -0.2) is 67.5 Å². The molecule has 0 fully saturated rings. The van der Waals surface area contributed by atoms with Crippen LogP contribution in [0, 0.1) is 0 Å². The van der Waals surface area contributed by atoms with Crippen LogP contribution >= 0.6 is 11.6 Å². The number of ketones is 1. The van der Waals surface area contributed by atoms with E-state index in [1.54, 1.807) is 24.3 Å². The zero-order valence-electron chi connectivity index (χ0n) is 20.7. The maximum Gasteiger partial charge on any atom is 0.290 e. The van der Waals surface area contributed by atoms with E-state index in [1.165, 1.54) is 18.1 Å². The van der Waals surface area contributed by atoms with Crippen molar-refractivity contribution in [1.29, 1.82) is 0 Å². The summed E-state index contributed by atoms with van der Waals surface area (Å²) in [6.45, 7) is 3.40. The Morgan fingerprint density at radius 3 is 2.69 bits per heavy atom. The van der Waals surface area contributed by atoms with E-state index in [9.17, 15) is 14.7 Å². The van der Waals surface area contributed by atoms with Crippen LogP contribution in [0.25, 0.3) is 11.0 Å². The molecule has 2 aromatic carbocycles. The number of nitrogens with zero attached hydrogens (tertiary/aromatic N) is 2. The third-order valence-electron chi connectivity index (χ3n) is 5.97. The van der Waals surface area contributed by atoms with Gasteiger partial charge in [-0.1, -0.05) is 30.7 Å².